The molecule has 1 aromatic carbocycles. The van der Waals surface area contributed by atoms with Crippen molar-refractivity contribution in [3.05, 3.63) is 34.9 Å². The summed E-state index contributed by atoms with van der Waals surface area (Å²) < 4.78 is 0. The Morgan fingerprint density at radius 1 is 1.06 bits per heavy atom. The van der Waals surface area contributed by atoms with Crippen LogP contribution >= 0.6 is 11.6 Å². The molecule has 1 heterocycles. The molecule has 1 fully saturated rings. The highest BCUT2D eigenvalue weighted by Crippen LogP contribution is 2.17. The third kappa shape index (κ3) is 3.68. The van der Waals surface area contributed by atoms with Crippen molar-refractivity contribution < 1.29 is 0 Å². The first-order valence-corrected chi connectivity index (χ1v) is 6.55. The van der Waals surface area contributed by atoms with Crippen LogP contribution in [0.15, 0.2) is 24.3 Å². The molecule has 1 saturated heterocycles. The van der Waals surface area contributed by atoms with E-state index in [1.54, 1.807) is 0 Å². The van der Waals surface area contributed by atoms with Crippen LogP contribution in [0.25, 0.3) is 0 Å². The number of benzene rings is 1. The second kappa shape index (κ2) is 6.36. The van der Waals surface area contributed by atoms with Gasteiger partial charge in [0.1, 0.15) is 0 Å². The molecular formula is C13H20ClN3. The van der Waals surface area contributed by atoms with E-state index < -0.39 is 0 Å². The zero-order valence-electron chi connectivity index (χ0n) is 10.1. The van der Waals surface area contributed by atoms with Crippen LogP contribution in [0.4, 0.5) is 0 Å². The summed E-state index contributed by atoms with van der Waals surface area (Å²) in [5, 5.41) is 0.872. The molecule has 3 nitrogen and oxygen atoms in total. The Morgan fingerprint density at radius 2 is 1.71 bits per heavy atom. The predicted octanol–water partition coefficient (Wildman–Crippen LogP) is 1.42. The molecule has 2 rings (SSSR count). The van der Waals surface area contributed by atoms with Gasteiger partial charge >= 0.3 is 0 Å². The lowest BCUT2D eigenvalue weighted by molar-refractivity contribution is 0.130. The second-order valence-electron chi connectivity index (χ2n) is 4.50. The summed E-state index contributed by atoms with van der Waals surface area (Å²) in [6.07, 6.45) is 0. The molecule has 2 N–H and O–H groups in total. The first kappa shape index (κ1) is 12.8. The van der Waals surface area contributed by atoms with E-state index in [4.69, 9.17) is 17.3 Å². The fraction of sp³-hybridized carbons (Fsp3) is 0.538. The van der Waals surface area contributed by atoms with Gasteiger partial charge in [0.05, 0.1) is 0 Å². The van der Waals surface area contributed by atoms with Crippen LogP contribution in [-0.2, 0) is 6.54 Å². The average molecular weight is 254 g/mol. The molecule has 0 atom stereocenters. The van der Waals surface area contributed by atoms with Crippen LogP contribution in [-0.4, -0.2) is 49.1 Å². The fourth-order valence-electron chi connectivity index (χ4n) is 2.22. The lowest BCUT2D eigenvalue weighted by Crippen LogP contribution is -2.47. The zero-order chi connectivity index (χ0) is 12.1. The smallest absolute Gasteiger partial charge is 0.0451 e. The van der Waals surface area contributed by atoms with E-state index in [0.717, 1.165) is 50.8 Å². The van der Waals surface area contributed by atoms with Crippen molar-refractivity contribution in [1.82, 2.24) is 9.80 Å². The molecule has 94 valence electrons. The summed E-state index contributed by atoms with van der Waals surface area (Å²) in [7, 11) is 0. The van der Waals surface area contributed by atoms with Gasteiger partial charge in [-0.2, -0.15) is 0 Å². The monoisotopic (exact) mass is 253 g/mol. The van der Waals surface area contributed by atoms with Gasteiger partial charge in [-0.3, -0.25) is 9.80 Å². The Hall–Kier alpha value is -0.610. The van der Waals surface area contributed by atoms with Gasteiger partial charge in [-0.15, -0.1) is 0 Å². The molecular weight excluding hydrogens is 234 g/mol. The van der Waals surface area contributed by atoms with E-state index in [2.05, 4.69) is 15.9 Å². The van der Waals surface area contributed by atoms with Crippen LogP contribution < -0.4 is 5.73 Å². The Kier molecular flexibility index (Phi) is 4.80. The molecule has 0 radical (unpaired) electrons. The van der Waals surface area contributed by atoms with Crippen LogP contribution in [0.1, 0.15) is 5.56 Å². The molecule has 17 heavy (non-hydrogen) atoms. The molecule has 1 aromatic rings. The van der Waals surface area contributed by atoms with Crippen molar-refractivity contribution in [2.45, 2.75) is 6.54 Å². The molecule has 1 aliphatic heterocycles. The zero-order valence-corrected chi connectivity index (χ0v) is 10.9. The number of hydrogen-bond acceptors (Lipinski definition) is 3. The molecule has 0 aromatic heterocycles. The van der Waals surface area contributed by atoms with Gasteiger partial charge in [-0.05, 0) is 11.6 Å². The Morgan fingerprint density at radius 3 is 2.35 bits per heavy atom. The van der Waals surface area contributed by atoms with Gasteiger partial charge in [-0.1, -0.05) is 29.8 Å². The SMILES string of the molecule is NCCN1CCN(Cc2ccccc2Cl)CC1. The largest absolute Gasteiger partial charge is 0.329 e. The van der Waals surface area contributed by atoms with Crippen LogP contribution in [0.2, 0.25) is 5.02 Å². The second-order valence-corrected chi connectivity index (χ2v) is 4.91. The maximum atomic E-state index is 6.17. The maximum absolute atomic E-state index is 6.17. The number of nitrogens with two attached hydrogens (primary N) is 1. The summed E-state index contributed by atoms with van der Waals surface area (Å²) in [6, 6.07) is 8.09. The van der Waals surface area contributed by atoms with Crippen molar-refractivity contribution in [2.24, 2.45) is 5.73 Å². The van der Waals surface area contributed by atoms with E-state index in [1.165, 1.54) is 5.56 Å². The van der Waals surface area contributed by atoms with Crippen molar-refractivity contribution >= 4 is 11.6 Å². The number of halogens is 1. The van der Waals surface area contributed by atoms with Gasteiger partial charge in [0, 0.05) is 50.8 Å². The summed E-state index contributed by atoms with van der Waals surface area (Å²) in [5.41, 5.74) is 6.79. The molecule has 0 saturated carbocycles. The summed E-state index contributed by atoms with van der Waals surface area (Å²) in [4.78, 5) is 4.87. The molecule has 0 amide bonds. The van der Waals surface area contributed by atoms with Crippen LogP contribution in [0, 0.1) is 0 Å². The normalized spacial score (nSPS) is 18.5. The first-order chi connectivity index (χ1) is 8.29. The van der Waals surface area contributed by atoms with Crippen LogP contribution in [0.5, 0.6) is 0 Å². The van der Waals surface area contributed by atoms with Gasteiger partial charge in [-0.25, -0.2) is 0 Å². The van der Waals surface area contributed by atoms with Crippen molar-refractivity contribution in [3.8, 4) is 0 Å². The van der Waals surface area contributed by atoms with Crippen molar-refractivity contribution in [1.29, 1.82) is 0 Å². The Bertz CT molecular complexity index is 348. The minimum absolute atomic E-state index is 0.754. The summed E-state index contributed by atoms with van der Waals surface area (Å²) in [5.74, 6) is 0. The van der Waals surface area contributed by atoms with Gasteiger partial charge in [0.15, 0.2) is 0 Å². The highest BCUT2D eigenvalue weighted by atomic mass is 35.5. The van der Waals surface area contributed by atoms with E-state index >= 15 is 0 Å². The van der Waals surface area contributed by atoms with E-state index in [9.17, 15) is 0 Å². The summed E-state index contributed by atoms with van der Waals surface area (Å²) in [6.45, 7) is 7.15. The van der Waals surface area contributed by atoms with Crippen molar-refractivity contribution in [2.75, 3.05) is 39.3 Å². The molecule has 0 aliphatic carbocycles. The number of rotatable bonds is 4. The number of hydrogen-bond donors (Lipinski definition) is 1. The van der Waals surface area contributed by atoms with E-state index in [-0.39, 0.29) is 0 Å². The van der Waals surface area contributed by atoms with Gasteiger partial charge in [0.2, 0.25) is 0 Å². The number of nitrogens with zero attached hydrogens (tertiary/aromatic N) is 2. The maximum Gasteiger partial charge on any atom is 0.0451 e. The molecule has 0 spiro atoms. The highest BCUT2D eigenvalue weighted by molar-refractivity contribution is 6.31. The molecule has 0 bridgehead atoms. The van der Waals surface area contributed by atoms with Gasteiger partial charge < -0.3 is 5.73 Å². The van der Waals surface area contributed by atoms with Gasteiger partial charge in [0.25, 0.3) is 0 Å². The van der Waals surface area contributed by atoms with Crippen LogP contribution in [0.3, 0.4) is 0 Å². The topological polar surface area (TPSA) is 32.5 Å². The quantitative estimate of drug-likeness (QED) is 0.881. The lowest BCUT2D eigenvalue weighted by atomic mass is 10.2. The molecule has 1 aliphatic rings. The summed E-state index contributed by atoms with van der Waals surface area (Å²) >= 11 is 6.17. The third-order valence-electron chi connectivity index (χ3n) is 3.26. The minimum atomic E-state index is 0.754. The van der Waals surface area contributed by atoms with Crippen molar-refractivity contribution in [3.63, 3.8) is 0 Å². The third-order valence-corrected chi connectivity index (χ3v) is 3.63. The Labute approximate surface area is 108 Å². The molecule has 0 unspecified atom stereocenters. The first-order valence-electron chi connectivity index (χ1n) is 6.18. The lowest BCUT2D eigenvalue weighted by Gasteiger charge is -2.34. The Balaban J connectivity index is 1.84. The van der Waals surface area contributed by atoms with E-state index in [1.807, 2.05) is 18.2 Å². The average Bonchev–Trinajstić information content (AvgIpc) is 2.35. The fourth-order valence-corrected chi connectivity index (χ4v) is 2.42. The number of piperazine rings is 1. The predicted molar refractivity (Wildman–Crippen MR) is 72.2 cm³/mol. The van der Waals surface area contributed by atoms with E-state index in [0.29, 0.717) is 0 Å². The highest BCUT2D eigenvalue weighted by Gasteiger charge is 2.16. The standard InChI is InChI=1S/C13H20ClN3/c14-13-4-2-1-3-12(13)11-17-9-7-16(6-5-15)8-10-17/h1-4H,5-11,15H2. The molecule has 4 heteroatoms. The minimum Gasteiger partial charge on any atom is -0.329 e.